The Labute approximate surface area is 262 Å². The highest BCUT2D eigenvalue weighted by Gasteiger charge is 2.66. The van der Waals surface area contributed by atoms with Crippen LogP contribution in [0, 0.1) is 16.7 Å². The van der Waals surface area contributed by atoms with E-state index < -0.39 is 17.8 Å². The molecule has 13 heteroatoms. The molecule has 1 aliphatic rings. The van der Waals surface area contributed by atoms with Crippen LogP contribution in [-0.2, 0) is 5.54 Å². The summed E-state index contributed by atoms with van der Waals surface area (Å²) in [6, 6.07) is 14.0. The SMILES string of the molecule is COc1ccc2c(C(Nc3cc(Cl)c4ncc(C#N)c(NCC(C)(C)C)c4c3)c3cn(C4(C(F)(F)F)CC4)nn3)cccc2n1. The number of hydrogen-bond donors (Lipinski definition) is 2. The smallest absolute Gasteiger partial charge is 0.413 e. The van der Waals surface area contributed by atoms with Crippen LogP contribution in [0.2, 0.25) is 5.02 Å². The second-order valence-corrected chi connectivity index (χ2v) is 12.8. The minimum absolute atomic E-state index is 0.0613. The average molecular weight is 635 g/mol. The predicted molar refractivity (Wildman–Crippen MR) is 166 cm³/mol. The van der Waals surface area contributed by atoms with Crippen molar-refractivity contribution in [1.82, 2.24) is 25.0 Å². The second-order valence-electron chi connectivity index (χ2n) is 12.4. The van der Waals surface area contributed by atoms with Crippen molar-refractivity contribution in [2.45, 2.75) is 51.4 Å². The van der Waals surface area contributed by atoms with Crippen LogP contribution >= 0.6 is 11.6 Å². The Balaban J connectivity index is 1.50. The van der Waals surface area contributed by atoms with E-state index in [-0.39, 0.29) is 24.0 Å². The summed E-state index contributed by atoms with van der Waals surface area (Å²) < 4.78 is 48.2. The van der Waals surface area contributed by atoms with Crippen molar-refractivity contribution in [2.24, 2.45) is 5.41 Å². The van der Waals surface area contributed by atoms with Crippen LogP contribution in [0.3, 0.4) is 0 Å². The molecule has 0 amide bonds. The van der Waals surface area contributed by atoms with Gasteiger partial charge in [0, 0.05) is 35.3 Å². The standard InChI is InChI=1S/C32H30ClF3N8O/c1-30(2,3)17-39-27-18(14-37)15-38-28-22(27)12-19(13-23(28)33)40-29(21-6-5-7-24-20(21)8-9-26(41-24)45-4)25-16-44(43-42-25)31(10-11-31)32(34,35)36/h5-9,12-13,15-16,29,40H,10-11,17H2,1-4H3,(H,38,39). The molecule has 45 heavy (non-hydrogen) atoms. The largest absolute Gasteiger partial charge is 0.481 e. The monoisotopic (exact) mass is 634 g/mol. The first-order valence-corrected chi connectivity index (χ1v) is 14.7. The van der Waals surface area contributed by atoms with Gasteiger partial charge >= 0.3 is 6.18 Å². The number of alkyl halides is 3. The molecule has 0 spiro atoms. The van der Waals surface area contributed by atoms with Crippen molar-refractivity contribution >= 4 is 44.8 Å². The van der Waals surface area contributed by atoms with Crippen molar-refractivity contribution in [3.8, 4) is 11.9 Å². The van der Waals surface area contributed by atoms with Gasteiger partial charge in [-0.05, 0) is 48.1 Å². The molecule has 3 heterocycles. The molecule has 1 aliphatic carbocycles. The Morgan fingerprint density at radius 2 is 1.91 bits per heavy atom. The lowest BCUT2D eigenvalue weighted by Crippen LogP contribution is -2.35. The summed E-state index contributed by atoms with van der Waals surface area (Å²) in [7, 11) is 1.52. The molecule has 0 bridgehead atoms. The molecule has 0 saturated heterocycles. The number of anilines is 2. The van der Waals surface area contributed by atoms with E-state index in [1.165, 1.54) is 19.5 Å². The Morgan fingerprint density at radius 3 is 2.58 bits per heavy atom. The van der Waals surface area contributed by atoms with Gasteiger partial charge < -0.3 is 15.4 Å². The lowest BCUT2D eigenvalue weighted by atomic mass is 9.96. The second kappa shape index (κ2) is 11.1. The summed E-state index contributed by atoms with van der Waals surface area (Å²) in [5.74, 6) is 0.424. The van der Waals surface area contributed by atoms with E-state index in [4.69, 9.17) is 16.3 Å². The van der Waals surface area contributed by atoms with E-state index in [1.807, 2.05) is 30.3 Å². The lowest BCUT2D eigenvalue weighted by molar-refractivity contribution is -0.182. The summed E-state index contributed by atoms with van der Waals surface area (Å²) >= 11 is 6.75. The molecular formula is C32H30ClF3N8O. The fourth-order valence-corrected chi connectivity index (χ4v) is 5.62. The molecule has 1 fully saturated rings. The van der Waals surface area contributed by atoms with Gasteiger partial charge in [0.05, 0.1) is 46.7 Å². The number of nitriles is 1. The van der Waals surface area contributed by atoms with Crippen molar-refractivity contribution in [3.05, 3.63) is 76.7 Å². The third kappa shape index (κ3) is 5.68. The van der Waals surface area contributed by atoms with E-state index in [9.17, 15) is 18.4 Å². The number of nitrogens with one attached hydrogen (secondary N) is 2. The number of methoxy groups -OCH3 is 1. The van der Waals surface area contributed by atoms with E-state index >= 15 is 0 Å². The van der Waals surface area contributed by atoms with Gasteiger partial charge in [0.15, 0.2) is 5.54 Å². The van der Waals surface area contributed by atoms with E-state index in [2.05, 4.69) is 57.8 Å². The molecule has 2 aromatic carbocycles. The molecule has 2 N–H and O–H groups in total. The minimum Gasteiger partial charge on any atom is -0.481 e. The van der Waals surface area contributed by atoms with Crippen LogP contribution in [0.15, 0.2) is 54.9 Å². The fourth-order valence-electron chi connectivity index (χ4n) is 5.35. The van der Waals surface area contributed by atoms with Gasteiger partial charge in [0.2, 0.25) is 5.88 Å². The zero-order valence-corrected chi connectivity index (χ0v) is 25.8. The third-order valence-electron chi connectivity index (χ3n) is 7.91. The number of benzene rings is 2. The predicted octanol–water partition coefficient (Wildman–Crippen LogP) is 7.62. The summed E-state index contributed by atoms with van der Waals surface area (Å²) in [5.41, 5.74) is 1.46. The van der Waals surface area contributed by atoms with Gasteiger partial charge in [0.1, 0.15) is 11.8 Å². The van der Waals surface area contributed by atoms with Gasteiger partial charge in [-0.15, -0.1) is 5.10 Å². The number of pyridine rings is 2. The van der Waals surface area contributed by atoms with E-state index in [1.54, 1.807) is 12.1 Å². The van der Waals surface area contributed by atoms with Crippen molar-refractivity contribution in [1.29, 1.82) is 5.26 Å². The first-order valence-electron chi connectivity index (χ1n) is 14.3. The summed E-state index contributed by atoms with van der Waals surface area (Å²) in [6.07, 6.45) is -1.75. The number of ether oxygens (including phenoxy) is 1. The molecule has 1 atom stereocenters. The molecule has 0 radical (unpaired) electrons. The highest BCUT2D eigenvalue weighted by Crippen LogP contribution is 2.55. The summed E-state index contributed by atoms with van der Waals surface area (Å²) in [5, 5.41) is 26.6. The maximum absolute atomic E-state index is 14.0. The fraction of sp³-hybridized carbons (Fsp3) is 0.344. The van der Waals surface area contributed by atoms with Crippen LogP contribution < -0.4 is 15.4 Å². The molecule has 3 aromatic heterocycles. The summed E-state index contributed by atoms with van der Waals surface area (Å²) in [6.45, 7) is 6.81. The quantitative estimate of drug-likeness (QED) is 0.179. The van der Waals surface area contributed by atoms with Gasteiger partial charge in [-0.2, -0.15) is 18.4 Å². The van der Waals surface area contributed by atoms with Crippen molar-refractivity contribution < 1.29 is 17.9 Å². The Morgan fingerprint density at radius 1 is 1.13 bits per heavy atom. The third-order valence-corrected chi connectivity index (χ3v) is 8.20. The zero-order chi connectivity index (χ0) is 32.1. The van der Waals surface area contributed by atoms with Crippen LogP contribution in [-0.4, -0.2) is 44.8 Å². The minimum atomic E-state index is -4.46. The Bertz CT molecular complexity index is 1960. The van der Waals surface area contributed by atoms with Crippen LogP contribution in [0.25, 0.3) is 21.8 Å². The Hall–Kier alpha value is -4.63. The molecule has 232 valence electrons. The van der Waals surface area contributed by atoms with Crippen LogP contribution in [0.1, 0.15) is 56.5 Å². The number of nitrogens with zero attached hydrogens (tertiary/aromatic N) is 6. The number of halogens is 4. The van der Waals surface area contributed by atoms with Crippen molar-refractivity contribution in [3.63, 3.8) is 0 Å². The maximum atomic E-state index is 14.0. The molecule has 0 aliphatic heterocycles. The van der Waals surface area contributed by atoms with E-state index in [0.29, 0.717) is 56.4 Å². The molecule has 1 unspecified atom stereocenters. The highest BCUT2D eigenvalue weighted by molar-refractivity contribution is 6.35. The molecule has 5 aromatic rings. The van der Waals surface area contributed by atoms with Gasteiger partial charge in [-0.1, -0.05) is 49.7 Å². The molecular weight excluding hydrogens is 605 g/mol. The van der Waals surface area contributed by atoms with Gasteiger partial charge in [-0.3, -0.25) is 4.98 Å². The highest BCUT2D eigenvalue weighted by atomic mass is 35.5. The maximum Gasteiger partial charge on any atom is 0.413 e. The molecule has 1 saturated carbocycles. The normalized spacial score (nSPS) is 15.1. The number of aromatic nitrogens is 5. The van der Waals surface area contributed by atoms with Crippen LogP contribution in [0.4, 0.5) is 24.5 Å². The van der Waals surface area contributed by atoms with Gasteiger partial charge in [0.25, 0.3) is 0 Å². The first-order chi connectivity index (χ1) is 21.3. The lowest BCUT2D eigenvalue weighted by Gasteiger charge is -2.23. The van der Waals surface area contributed by atoms with E-state index in [0.717, 1.165) is 10.1 Å². The molecule has 6 rings (SSSR count). The number of hydrogen-bond acceptors (Lipinski definition) is 8. The summed E-state index contributed by atoms with van der Waals surface area (Å²) in [4.78, 5) is 8.98. The number of rotatable bonds is 8. The number of fused-ring (bicyclic) bond motifs is 2. The first kappa shape index (κ1) is 30.4. The van der Waals surface area contributed by atoms with Crippen LogP contribution in [0.5, 0.6) is 5.88 Å². The molecule has 9 nitrogen and oxygen atoms in total. The Kier molecular flexibility index (Phi) is 7.48. The van der Waals surface area contributed by atoms with Gasteiger partial charge in [-0.25, -0.2) is 9.67 Å². The van der Waals surface area contributed by atoms with Crippen molar-refractivity contribution in [2.75, 3.05) is 24.3 Å². The topological polar surface area (TPSA) is 114 Å². The average Bonchev–Trinajstić information content (AvgIpc) is 3.68. The zero-order valence-electron chi connectivity index (χ0n) is 25.0.